The van der Waals surface area contributed by atoms with Gasteiger partial charge in [-0.3, -0.25) is 4.79 Å². The lowest BCUT2D eigenvalue weighted by Gasteiger charge is -2.25. The zero-order valence-electron chi connectivity index (χ0n) is 14.8. The first-order valence-corrected chi connectivity index (χ1v) is 10.5. The van der Waals surface area contributed by atoms with Gasteiger partial charge < -0.3 is 4.90 Å². The standard InChI is InChI=1S/C19H20ClFN2O3S/c1-22-27(25,26)16-7-8-18(20)17(12-16)19(24)23-9-3-6-15(23)11-13-4-2-5-14(21)10-13/h2,4-5,7-8,10,12,15,22H,3,6,9,11H2,1H3. The Morgan fingerprint density at radius 2 is 2.07 bits per heavy atom. The Kier molecular flexibility index (Phi) is 5.83. The normalized spacial score (nSPS) is 17.3. The molecular weight excluding hydrogens is 391 g/mol. The smallest absolute Gasteiger partial charge is 0.255 e. The number of benzene rings is 2. The third-order valence-corrected chi connectivity index (χ3v) is 6.49. The van der Waals surface area contributed by atoms with Crippen molar-refractivity contribution in [1.82, 2.24) is 9.62 Å². The number of hydrogen-bond acceptors (Lipinski definition) is 3. The SMILES string of the molecule is CNS(=O)(=O)c1ccc(Cl)c(C(=O)N2CCCC2Cc2cccc(F)c2)c1. The van der Waals surface area contributed by atoms with Crippen LogP contribution in [0.4, 0.5) is 4.39 Å². The molecule has 1 fully saturated rings. The number of nitrogens with one attached hydrogen (secondary N) is 1. The summed E-state index contributed by atoms with van der Waals surface area (Å²) in [6, 6.07) is 10.3. The van der Waals surface area contributed by atoms with Crippen LogP contribution in [-0.2, 0) is 16.4 Å². The summed E-state index contributed by atoms with van der Waals surface area (Å²) >= 11 is 6.18. The van der Waals surface area contributed by atoms with Crippen LogP contribution in [0.1, 0.15) is 28.8 Å². The summed E-state index contributed by atoms with van der Waals surface area (Å²) in [6.45, 7) is 0.554. The van der Waals surface area contributed by atoms with Crippen LogP contribution >= 0.6 is 11.6 Å². The quantitative estimate of drug-likeness (QED) is 0.822. The largest absolute Gasteiger partial charge is 0.335 e. The lowest BCUT2D eigenvalue weighted by molar-refractivity contribution is 0.0736. The highest BCUT2D eigenvalue weighted by Crippen LogP contribution is 2.27. The molecule has 8 heteroatoms. The first-order valence-electron chi connectivity index (χ1n) is 8.60. The van der Waals surface area contributed by atoms with Gasteiger partial charge in [-0.1, -0.05) is 23.7 Å². The number of nitrogens with zero attached hydrogens (tertiary/aromatic N) is 1. The molecule has 0 aliphatic carbocycles. The van der Waals surface area contributed by atoms with E-state index in [9.17, 15) is 17.6 Å². The molecule has 2 aromatic carbocycles. The van der Waals surface area contributed by atoms with E-state index >= 15 is 0 Å². The van der Waals surface area contributed by atoms with Crippen LogP contribution in [0.3, 0.4) is 0 Å². The fraction of sp³-hybridized carbons (Fsp3) is 0.316. The van der Waals surface area contributed by atoms with Crippen LogP contribution in [0.25, 0.3) is 0 Å². The third-order valence-electron chi connectivity index (χ3n) is 4.75. The molecule has 0 aromatic heterocycles. The highest BCUT2D eigenvalue weighted by Gasteiger charge is 2.31. The highest BCUT2D eigenvalue weighted by molar-refractivity contribution is 7.89. The van der Waals surface area contributed by atoms with Crippen molar-refractivity contribution in [2.24, 2.45) is 0 Å². The number of rotatable bonds is 5. The molecule has 1 aliphatic heterocycles. The third kappa shape index (κ3) is 4.31. The van der Waals surface area contributed by atoms with Crippen molar-refractivity contribution in [2.45, 2.75) is 30.2 Å². The predicted molar refractivity (Wildman–Crippen MR) is 102 cm³/mol. The zero-order chi connectivity index (χ0) is 19.6. The molecule has 1 N–H and O–H groups in total. The first-order chi connectivity index (χ1) is 12.8. The van der Waals surface area contributed by atoms with Crippen molar-refractivity contribution in [1.29, 1.82) is 0 Å². The number of hydrogen-bond donors (Lipinski definition) is 1. The topological polar surface area (TPSA) is 66.5 Å². The maximum absolute atomic E-state index is 13.4. The molecule has 1 saturated heterocycles. The van der Waals surface area contributed by atoms with E-state index in [1.807, 2.05) is 6.07 Å². The zero-order valence-corrected chi connectivity index (χ0v) is 16.4. The van der Waals surface area contributed by atoms with Crippen molar-refractivity contribution in [3.8, 4) is 0 Å². The van der Waals surface area contributed by atoms with Gasteiger partial charge in [0.1, 0.15) is 5.82 Å². The predicted octanol–water partition coefficient (Wildman–Crippen LogP) is 3.23. The van der Waals surface area contributed by atoms with Gasteiger partial charge in [-0.05, 0) is 62.2 Å². The second-order valence-electron chi connectivity index (χ2n) is 6.48. The average molecular weight is 411 g/mol. The average Bonchev–Trinajstić information content (AvgIpc) is 3.09. The summed E-state index contributed by atoms with van der Waals surface area (Å²) in [4.78, 5) is 14.7. The van der Waals surface area contributed by atoms with Gasteiger partial charge >= 0.3 is 0 Å². The van der Waals surface area contributed by atoms with Crippen LogP contribution in [0.5, 0.6) is 0 Å². The molecule has 1 aliphatic rings. The first kappa shape index (κ1) is 19.8. The number of carbonyl (C=O) groups is 1. The number of amides is 1. The van der Waals surface area contributed by atoms with Crippen LogP contribution < -0.4 is 4.72 Å². The molecule has 144 valence electrons. The number of halogens is 2. The van der Waals surface area contributed by atoms with Gasteiger partial charge in [0, 0.05) is 12.6 Å². The van der Waals surface area contributed by atoms with Gasteiger partial charge in [-0.25, -0.2) is 17.5 Å². The van der Waals surface area contributed by atoms with Crippen molar-refractivity contribution < 1.29 is 17.6 Å². The minimum absolute atomic E-state index is 0.0152. The molecule has 0 spiro atoms. The molecular formula is C19H20ClFN2O3S. The van der Waals surface area contributed by atoms with E-state index in [4.69, 9.17) is 11.6 Å². The fourth-order valence-corrected chi connectivity index (χ4v) is 4.31. The van der Waals surface area contributed by atoms with Gasteiger partial charge in [0.15, 0.2) is 0 Å². The molecule has 1 heterocycles. The summed E-state index contributed by atoms with van der Waals surface area (Å²) in [5.41, 5.74) is 0.969. The minimum Gasteiger partial charge on any atom is -0.335 e. The van der Waals surface area contributed by atoms with Crippen LogP contribution in [-0.4, -0.2) is 38.9 Å². The van der Waals surface area contributed by atoms with Crippen molar-refractivity contribution in [3.05, 3.63) is 64.4 Å². The van der Waals surface area contributed by atoms with Gasteiger partial charge in [0.05, 0.1) is 15.5 Å². The summed E-state index contributed by atoms with van der Waals surface area (Å²) in [7, 11) is -2.38. The molecule has 0 saturated carbocycles. The van der Waals surface area contributed by atoms with Gasteiger partial charge in [0.25, 0.3) is 5.91 Å². The van der Waals surface area contributed by atoms with E-state index < -0.39 is 10.0 Å². The second kappa shape index (κ2) is 7.96. The molecule has 1 amide bonds. The second-order valence-corrected chi connectivity index (χ2v) is 8.77. The summed E-state index contributed by atoms with van der Waals surface area (Å²) in [5, 5.41) is 0.200. The van der Waals surface area contributed by atoms with E-state index in [1.165, 1.54) is 37.4 Å². The highest BCUT2D eigenvalue weighted by atomic mass is 35.5. The van der Waals surface area contributed by atoms with E-state index in [0.717, 1.165) is 18.4 Å². The Balaban J connectivity index is 1.87. The van der Waals surface area contributed by atoms with Crippen LogP contribution in [0.15, 0.2) is 47.4 Å². The lowest BCUT2D eigenvalue weighted by Crippen LogP contribution is -2.37. The number of sulfonamides is 1. The molecule has 27 heavy (non-hydrogen) atoms. The van der Waals surface area contributed by atoms with Crippen LogP contribution in [0.2, 0.25) is 5.02 Å². The number of likely N-dealkylation sites (tertiary alicyclic amines) is 1. The summed E-state index contributed by atoms with van der Waals surface area (Å²) in [5.74, 6) is -0.622. The Hall–Kier alpha value is -1.96. The van der Waals surface area contributed by atoms with E-state index in [0.29, 0.717) is 13.0 Å². The van der Waals surface area contributed by atoms with Gasteiger partial charge in [0.2, 0.25) is 10.0 Å². The molecule has 0 radical (unpaired) electrons. The maximum atomic E-state index is 13.4. The van der Waals surface area contributed by atoms with Crippen molar-refractivity contribution in [3.63, 3.8) is 0 Å². The summed E-state index contributed by atoms with van der Waals surface area (Å²) in [6.07, 6.45) is 2.17. The maximum Gasteiger partial charge on any atom is 0.255 e. The minimum atomic E-state index is -3.68. The lowest BCUT2D eigenvalue weighted by atomic mass is 10.0. The monoisotopic (exact) mass is 410 g/mol. The molecule has 1 atom stereocenters. The van der Waals surface area contributed by atoms with Crippen LogP contribution in [0, 0.1) is 5.82 Å². The Morgan fingerprint density at radius 1 is 1.30 bits per heavy atom. The molecule has 5 nitrogen and oxygen atoms in total. The Morgan fingerprint density at radius 3 is 2.78 bits per heavy atom. The fourth-order valence-electron chi connectivity index (χ4n) is 3.36. The van der Waals surface area contributed by atoms with E-state index in [-0.39, 0.29) is 33.2 Å². The Labute approximate surface area is 163 Å². The van der Waals surface area contributed by atoms with Crippen molar-refractivity contribution in [2.75, 3.05) is 13.6 Å². The van der Waals surface area contributed by atoms with E-state index in [2.05, 4.69) is 4.72 Å². The molecule has 2 aromatic rings. The molecule has 1 unspecified atom stereocenters. The summed E-state index contributed by atoms with van der Waals surface area (Å²) < 4.78 is 39.7. The molecule has 0 bridgehead atoms. The number of carbonyl (C=O) groups excluding carboxylic acids is 1. The van der Waals surface area contributed by atoms with E-state index in [1.54, 1.807) is 11.0 Å². The van der Waals surface area contributed by atoms with Gasteiger partial charge in [-0.2, -0.15) is 0 Å². The van der Waals surface area contributed by atoms with Crippen molar-refractivity contribution >= 4 is 27.5 Å². The molecule has 3 rings (SSSR count). The van der Waals surface area contributed by atoms with Gasteiger partial charge in [-0.15, -0.1) is 0 Å². The Bertz CT molecular complexity index is 965.